The van der Waals surface area contributed by atoms with Crippen molar-refractivity contribution >= 4 is 23.5 Å². The number of nitrogens with zero attached hydrogens (tertiary/aromatic N) is 3. The van der Waals surface area contributed by atoms with Crippen LogP contribution in [0.25, 0.3) is 0 Å². The Labute approximate surface area is 235 Å². The van der Waals surface area contributed by atoms with Gasteiger partial charge in [-0.15, -0.1) is 0 Å². The van der Waals surface area contributed by atoms with E-state index >= 15 is 0 Å². The van der Waals surface area contributed by atoms with Gasteiger partial charge in [0.1, 0.15) is 37.0 Å². The summed E-state index contributed by atoms with van der Waals surface area (Å²) in [6.07, 6.45) is -3.62. The summed E-state index contributed by atoms with van der Waals surface area (Å²) >= 11 is 0. The molecular formula is C29H29F3N4O5. The largest absolute Gasteiger partial charge is 0.457 e. The predicted octanol–water partition coefficient (Wildman–Crippen LogP) is 6.10. The van der Waals surface area contributed by atoms with Gasteiger partial charge < -0.3 is 24.6 Å². The van der Waals surface area contributed by atoms with Crippen molar-refractivity contribution < 1.29 is 37.2 Å². The second kappa shape index (κ2) is 14.5. The van der Waals surface area contributed by atoms with Crippen molar-refractivity contribution in [2.75, 3.05) is 20.8 Å². The summed E-state index contributed by atoms with van der Waals surface area (Å²) in [5.41, 5.74) is 1.46. The molecule has 3 aromatic carbocycles. The maximum Gasteiger partial charge on any atom is 0.416 e. The fourth-order valence-corrected chi connectivity index (χ4v) is 3.54. The first-order valence-corrected chi connectivity index (χ1v) is 12.4. The first-order valence-electron chi connectivity index (χ1n) is 12.4. The summed E-state index contributed by atoms with van der Waals surface area (Å²) < 4.78 is 44.0. The first kappa shape index (κ1) is 30.7. The second-order valence-corrected chi connectivity index (χ2v) is 8.31. The Balaban J connectivity index is 1.74. The molecule has 0 bridgehead atoms. The lowest BCUT2D eigenvalue weighted by Gasteiger charge is -2.15. The lowest BCUT2D eigenvalue weighted by molar-refractivity contribution is -0.137. The Kier molecular flexibility index (Phi) is 10.8. The summed E-state index contributed by atoms with van der Waals surface area (Å²) in [5.74, 6) is 0.243. The third-order valence-electron chi connectivity index (χ3n) is 5.53. The van der Waals surface area contributed by atoms with Crippen LogP contribution in [0.15, 0.2) is 88.3 Å². The van der Waals surface area contributed by atoms with Crippen molar-refractivity contribution in [3.63, 3.8) is 0 Å². The molecule has 0 radical (unpaired) electrons. The number of likely N-dealkylation sites (N-methyl/N-ethyl adjacent to an activating group) is 1. The van der Waals surface area contributed by atoms with Crippen LogP contribution in [0.2, 0.25) is 0 Å². The van der Waals surface area contributed by atoms with Crippen LogP contribution < -0.4 is 10.1 Å². The van der Waals surface area contributed by atoms with Crippen LogP contribution in [-0.4, -0.2) is 44.3 Å². The van der Waals surface area contributed by atoms with Crippen molar-refractivity contribution in [1.29, 1.82) is 0 Å². The topological polar surface area (TPSA) is 103 Å². The van der Waals surface area contributed by atoms with Gasteiger partial charge in [0.05, 0.1) is 11.8 Å². The van der Waals surface area contributed by atoms with E-state index in [4.69, 9.17) is 19.2 Å². The molecule has 0 saturated carbocycles. The van der Waals surface area contributed by atoms with Crippen LogP contribution in [0.5, 0.6) is 11.5 Å². The van der Waals surface area contributed by atoms with Gasteiger partial charge in [-0.2, -0.15) is 13.2 Å². The molecular weight excluding hydrogens is 541 g/mol. The molecule has 0 spiro atoms. The number of alkyl halides is 3. The van der Waals surface area contributed by atoms with Gasteiger partial charge in [-0.1, -0.05) is 39.7 Å². The molecule has 1 amide bonds. The zero-order chi connectivity index (χ0) is 29.8. The van der Waals surface area contributed by atoms with E-state index in [9.17, 15) is 18.0 Å². The highest BCUT2D eigenvalue weighted by atomic mass is 19.4. The summed E-state index contributed by atoms with van der Waals surface area (Å²) in [7, 11) is 2.84. The van der Waals surface area contributed by atoms with Crippen LogP contribution in [0.4, 0.5) is 13.2 Å². The summed E-state index contributed by atoms with van der Waals surface area (Å²) in [6.45, 7) is 3.86. The number of rotatable bonds is 12. The van der Waals surface area contributed by atoms with Crippen LogP contribution in [-0.2, 0) is 25.5 Å². The fourth-order valence-electron chi connectivity index (χ4n) is 3.54. The monoisotopic (exact) mass is 570 g/mol. The van der Waals surface area contributed by atoms with Crippen LogP contribution in [0.3, 0.4) is 0 Å². The van der Waals surface area contributed by atoms with Crippen molar-refractivity contribution in [1.82, 2.24) is 5.32 Å². The zero-order valence-corrected chi connectivity index (χ0v) is 22.8. The van der Waals surface area contributed by atoms with Gasteiger partial charge in [0.2, 0.25) is 0 Å². The number of nitrogens with one attached hydrogen (secondary N) is 1. The molecule has 9 nitrogen and oxygen atoms in total. The molecule has 3 aromatic rings. The maximum absolute atomic E-state index is 12.8. The van der Waals surface area contributed by atoms with Gasteiger partial charge in [-0.3, -0.25) is 4.79 Å². The minimum absolute atomic E-state index is 0.0854. The summed E-state index contributed by atoms with van der Waals surface area (Å²) in [4.78, 5) is 28.1. The van der Waals surface area contributed by atoms with Gasteiger partial charge in [-0.25, -0.2) is 0 Å². The number of carbonyl (C=O) groups is 1. The minimum Gasteiger partial charge on any atom is -0.457 e. The van der Waals surface area contributed by atoms with E-state index in [1.807, 2.05) is 0 Å². The molecule has 1 N–H and O–H groups in total. The third kappa shape index (κ3) is 8.56. The van der Waals surface area contributed by atoms with Crippen molar-refractivity contribution in [3.05, 3.63) is 95.1 Å². The number of amides is 1. The smallest absolute Gasteiger partial charge is 0.416 e. The molecule has 0 saturated heterocycles. The van der Waals surface area contributed by atoms with E-state index in [0.29, 0.717) is 34.8 Å². The van der Waals surface area contributed by atoms with Gasteiger partial charge >= 0.3 is 6.18 Å². The van der Waals surface area contributed by atoms with Crippen molar-refractivity contribution in [2.24, 2.45) is 15.5 Å². The Hall–Kier alpha value is -4.87. The highest BCUT2D eigenvalue weighted by molar-refractivity contribution is 6.45. The number of benzene rings is 3. The molecule has 0 aromatic heterocycles. The number of oxime groups is 3. The van der Waals surface area contributed by atoms with Gasteiger partial charge in [0, 0.05) is 23.7 Å². The van der Waals surface area contributed by atoms with Crippen molar-refractivity contribution in [3.8, 4) is 11.5 Å². The van der Waals surface area contributed by atoms with Crippen LogP contribution in [0, 0.1) is 0 Å². The average Bonchev–Trinajstić information content (AvgIpc) is 2.97. The van der Waals surface area contributed by atoms with E-state index < -0.39 is 23.8 Å². The van der Waals surface area contributed by atoms with Crippen LogP contribution >= 0.6 is 0 Å². The Morgan fingerprint density at radius 1 is 0.976 bits per heavy atom. The predicted molar refractivity (Wildman–Crippen MR) is 148 cm³/mol. The highest BCUT2D eigenvalue weighted by Gasteiger charge is 2.30. The summed E-state index contributed by atoms with van der Waals surface area (Å²) in [6, 6.07) is 18.1. The minimum atomic E-state index is -4.42. The molecule has 41 heavy (non-hydrogen) atoms. The lowest BCUT2D eigenvalue weighted by Crippen LogP contribution is -2.29. The average molecular weight is 571 g/mol. The zero-order valence-electron chi connectivity index (χ0n) is 22.8. The maximum atomic E-state index is 12.8. The molecule has 1 unspecified atom stereocenters. The van der Waals surface area contributed by atoms with Gasteiger partial charge in [-0.05, 0) is 62.4 Å². The van der Waals surface area contributed by atoms with E-state index in [0.717, 1.165) is 12.1 Å². The lowest BCUT2D eigenvalue weighted by atomic mass is 9.99. The highest BCUT2D eigenvalue weighted by Crippen LogP contribution is 2.31. The van der Waals surface area contributed by atoms with E-state index in [-0.39, 0.29) is 11.5 Å². The number of ether oxygens (including phenoxy) is 1. The molecule has 0 aliphatic carbocycles. The first-order chi connectivity index (χ1) is 19.7. The number of hydrogen-bond donors (Lipinski definition) is 1. The number of hydrogen-bond acceptors (Lipinski definition) is 8. The standard InChI is InChI=1S/C29H29F3N4O5/c1-5-39-35-26(20-10-14-22(15-11-20)40-23-16-12-21(13-17-23)29(30,31)32)18-34-41-19(2)24-8-6-7-9-25(24)27(36-38-4)28(37)33-3/h6-19H,5H2,1-4H3,(H,33,37). The van der Waals surface area contributed by atoms with Gasteiger partial charge in [0.15, 0.2) is 5.71 Å². The molecule has 12 heteroatoms. The number of halogens is 3. The number of carbonyl (C=O) groups excluding carboxylic acids is 1. The Morgan fingerprint density at radius 2 is 1.61 bits per heavy atom. The van der Waals surface area contributed by atoms with E-state index in [1.54, 1.807) is 62.4 Å². The third-order valence-corrected chi connectivity index (χ3v) is 5.53. The van der Waals surface area contributed by atoms with Gasteiger partial charge in [0.25, 0.3) is 5.91 Å². The molecule has 0 aliphatic heterocycles. The normalized spacial score (nSPS) is 13.0. The van der Waals surface area contributed by atoms with Crippen LogP contribution in [0.1, 0.15) is 42.2 Å². The molecule has 3 rings (SSSR count). The molecule has 1 atom stereocenters. The molecule has 0 fully saturated rings. The SMILES string of the molecule is CCON=C(C=NOC(C)c1ccccc1C(=NOC)C(=O)NC)c1ccc(Oc2ccc(C(F)(F)F)cc2)cc1. The molecule has 0 aliphatic rings. The fraction of sp³-hybridized carbons (Fsp3) is 0.241. The Morgan fingerprint density at radius 3 is 2.20 bits per heavy atom. The van der Waals surface area contributed by atoms with E-state index in [2.05, 4.69) is 20.8 Å². The summed E-state index contributed by atoms with van der Waals surface area (Å²) in [5, 5.41) is 14.6. The quantitative estimate of drug-likeness (QED) is 0.209. The Bertz CT molecular complexity index is 1390. The van der Waals surface area contributed by atoms with Crippen molar-refractivity contribution in [2.45, 2.75) is 26.1 Å². The molecule has 0 heterocycles. The second-order valence-electron chi connectivity index (χ2n) is 8.31. The van der Waals surface area contributed by atoms with E-state index in [1.165, 1.54) is 32.5 Å². The molecule has 216 valence electrons.